The molecule has 0 aliphatic carbocycles. The molecule has 1 aromatic carbocycles. The van der Waals surface area contributed by atoms with Gasteiger partial charge in [0.25, 0.3) is 5.56 Å². The number of benzene rings is 1. The van der Waals surface area contributed by atoms with Crippen molar-refractivity contribution in [2.75, 3.05) is 6.54 Å². The first-order valence-electron chi connectivity index (χ1n) is 6.50. The van der Waals surface area contributed by atoms with E-state index in [-0.39, 0.29) is 5.56 Å². The average molecular weight is 365 g/mol. The molecule has 5 nitrogen and oxygen atoms in total. The van der Waals surface area contributed by atoms with Gasteiger partial charge in [-0.15, -0.1) is 16.4 Å². The molecule has 0 bridgehead atoms. The molecule has 0 aliphatic heterocycles. The first-order valence-corrected chi connectivity index (χ1v) is 8.17. The maximum atomic E-state index is 12.2. The van der Waals surface area contributed by atoms with Crippen molar-refractivity contribution in [1.29, 1.82) is 0 Å². The summed E-state index contributed by atoms with van der Waals surface area (Å²) >= 11 is 5.12. The lowest BCUT2D eigenvalue weighted by Crippen LogP contribution is -2.29. The zero-order chi connectivity index (χ0) is 14.7. The second-order valence-electron chi connectivity index (χ2n) is 4.54. The lowest BCUT2D eigenvalue weighted by Gasteiger charge is -2.05. The van der Waals surface area contributed by atoms with E-state index in [2.05, 4.69) is 43.0 Å². The molecular formula is C14H13BrN4OS. The van der Waals surface area contributed by atoms with Crippen LogP contribution in [0.1, 0.15) is 4.88 Å². The van der Waals surface area contributed by atoms with Crippen LogP contribution >= 0.6 is 27.3 Å². The van der Waals surface area contributed by atoms with Crippen LogP contribution in [0.15, 0.2) is 45.0 Å². The van der Waals surface area contributed by atoms with E-state index in [0.29, 0.717) is 24.0 Å². The predicted molar refractivity (Wildman–Crippen MR) is 87.5 cm³/mol. The van der Waals surface area contributed by atoms with Gasteiger partial charge in [-0.05, 0) is 34.1 Å². The highest BCUT2D eigenvalue weighted by atomic mass is 79.9. The quantitative estimate of drug-likeness (QED) is 0.706. The van der Waals surface area contributed by atoms with E-state index in [9.17, 15) is 4.79 Å². The molecule has 3 rings (SSSR count). The Hall–Kier alpha value is -1.57. The Morgan fingerprint density at radius 1 is 1.33 bits per heavy atom. The molecule has 0 unspecified atom stereocenters. The minimum absolute atomic E-state index is 0.0960. The van der Waals surface area contributed by atoms with E-state index in [1.54, 1.807) is 23.5 Å². The number of thiophene rings is 1. The molecule has 1 N–H and O–H groups in total. The van der Waals surface area contributed by atoms with E-state index in [1.807, 2.05) is 12.1 Å². The van der Waals surface area contributed by atoms with Gasteiger partial charge < -0.3 is 5.32 Å². The number of aromatic nitrogens is 3. The van der Waals surface area contributed by atoms with Crippen molar-refractivity contribution in [3.63, 3.8) is 0 Å². The van der Waals surface area contributed by atoms with Gasteiger partial charge in [-0.1, -0.05) is 17.3 Å². The Morgan fingerprint density at radius 2 is 2.19 bits per heavy atom. The number of hydrogen-bond donors (Lipinski definition) is 1. The predicted octanol–water partition coefficient (Wildman–Crippen LogP) is 2.41. The lowest BCUT2D eigenvalue weighted by molar-refractivity contribution is 0.514. The van der Waals surface area contributed by atoms with Crippen molar-refractivity contribution < 1.29 is 0 Å². The third kappa shape index (κ3) is 3.37. The highest BCUT2D eigenvalue weighted by molar-refractivity contribution is 9.10. The maximum absolute atomic E-state index is 12.2. The van der Waals surface area contributed by atoms with E-state index < -0.39 is 0 Å². The van der Waals surface area contributed by atoms with Gasteiger partial charge in [0.15, 0.2) is 0 Å². The summed E-state index contributed by atoms with van der Waals surface area (Å²) in [4.78, 5) is 13.5. The van der Waals surface area contributed by atoms with E-state index in [4.69, 9.17) is 0 Å². The summed E-state index contributed by atoms with van der Waals surface area (Å²) in [6, 6.07) is 9.34. The first kappa shape index (κ1) is 14.4. The van der Waals surface area contributed by atoms with Crippen molar-refractivity contribution in [1.82, 2.24) is 20.3 Å². The molecule has 3 aromatic rings. The smallest absolute Gasteiger partial charge is 0.277 e. The van der Waals surface area contributed by atoms with Crippen molar-refractivity contribution in [2.45, 2.75) is 13.1 Å². The van der Waals surface area contributed by atoms with Gasteiger partial charge in [0, 0.05) is 27.8 Å². The van der Waals surface area contributed by atoms with Crippen LogP contribution in [0.5, 0.6) is 0 Å². The molecule has 0 aliphatic rings. The fourth-order valence-electron chi connectivity index (χ4n) is 2.01. The molecule has 2 heterocycles. The number of fused-ring (bicyclic) bond motifs is 1. The SMILES string of the molecule is O=c1c2ccccc2nnn1CCNCc1cc(Br)cs1. The van der Waals surface area contributed by atoms with Crippen molar-refractivity contribution in [3.8, 4) is 0 Å². The van der Waals surface area contributed by atoms with Crippen LogP contribution in [0.25, 0.3) is 10.9 Å². The Labute approximate surface area is 133 Å². The van der Waals surface area contributed by atoms with Gasteiger partial charge in [0.1, 0.15) is 5.52 Å². The van der Waals surface area contributed by atoms with Gasteiger partial charge in [-0.2, -0.15) is 0 Å². The Bertz CT molecular complexity index is 814. The van der Waals surface area contributed by atoms with Crippen LogP contribution in [0.2, 0.25) is 0 Å². The standard InChI is InChI=1S/C14H13BrN4OS/c15-10-7-11(21-9-10)8-16-5-6-19-14(20)12-3-1-2-4-13(12)17-18-19/h1-4,7,9,16H,5-6,8H2. The van der Waals surface area contributed by atoms with Crippen LogP contribution in [0.4, 0.5) is 0 Å². The Kier molecular flexibility index (Phi) is 4.42. The lowest BCUT2D eigenvalue weighted by atomic mass is 10.2. The van der Waals surface area contributed by atoms with Crippen molar-refractivity contribution in [2.24, 2.45) is 0 Å². The number of nitrogens with zero attached hydrogens (tertiary/aromatic N) is 3. The molecule has 21 heavy (non-hydrogen) atoms. The number of halogens is 1. The third-order valence-corrected chi connectivity index (χ3v) is 4.75. The Balaban J connectivity index is 1.63. The highest BCUT2D eigenvalue weighted by Crippen LogP contribution is 2.19. The number of rotatable bonds is 5. The summed E-state index contributed by atoms with van der Waals surface area (Å²) in [6.07, 6.45) is 0. The molecule has 0 atom stereocenters. The van der Waals surface area contributed by atoms with Crippen molar-refractivity contribution in [3.05, 3.63) is 55.4 Å². The minimum Gasteiger partial charge on any atom is -0.310 e. The summed E-state index contributed by atoms with van der Waals surface area (Å²) in [6.45, 7) is 1.96. The van der Waals surface area contributed by atoms with Gasteiger partial charge in [0.2, 0.25) is 0 Å². The van der Waals surface area contributed by atoms with Crippen LogP contribution in [0.3, 0.4) is 0 Å². The van der Waals surface area contributed by atoms with Gasteiger partial charge in [0.05, 0.1) is 11.9 Å². The molecule has 0 amide bonds. The van der Waals surface area contributed by atoms with E-state index in [1.165, 1.54) is 9.56 Å². The molecule has 2 aromatic heterocycles. The zero-order valence-electron chi connectivity index (χ0n) is 11.1. The summed E-state index contributed by atoms with van der Waals surface area (Å²) in [7, 11) is 0. The third-order valence-electron chi connectivity index (χ3n) is 3.05. The molecule has 0 spiro atoms. The second-order valence-corrected chi connectivity index (χ2v) is 6.45. The molecule has 0 saturated carbocycles. The molecular weight excluding hydrogens is 352 g/mol. The van der Waals surface area contributed by atoms with Gasteiger partial charge >= 0.3 is 0 Å². The normalized spacial score (nSPS) is 11.1. The summed E-state index contributed by atoms with van der Waals surface area (Å²) in [5.74, 6) is 0. The van der Waals surface area contributed by atoms with Crippen LogP contribution in [-0.2, 0) is 13.1 Å². The van der Waals surface area contributed by atoms with Crippen LogP contribution < -0.4 is 10.9 Å². The topological polar surface area (TPSA) is 59.8 Å². The summed E-state index contributed by atoms with van der Waals surface area (Å²) < 4.78 is 2.50. The van der Waals surface area contributed by atoms with E-state index >= 15 is 0 Å². The van der Waals surface area contributed by atoms with Crippen LogP contribution in [-0.4, -0.2) is 21.5 Å². The minimum atomic E-state index is -0.0960. The van der Waals surface area contributed by atoms with Crippen LogP contribution in [0, 0.1) is 0 Å². The zero-order valence-corrected chi connectivity index (χ0v) is 13.5. The maximum Gasteiger partial charge on any atom is 0.277 e. The van der Waals surface area contributed by atoms with Gasteiger partial charge in [-0.3, -0.25) is 4.79 Å². The van der Waals surface area contributed by atoms with E-state index in [0.717, 1.165) is 11.0 Å². The Morgan fingerprint density at radius 3 is 3.00 bits per heavy atom. The summed E-state index contributed by atoms with van der Waals surface area (Å²) in [5, 5.41) is 14.0. The largest absolute Gasteiger partial charge is 0.310 e. The molecule has 7 heteroatoms. The number of nitrogens with one attached hydrogen (secondary N) is 1. The summed E-state index contributed by atoms with van der Waals surface area (Å²) in [5.41, 5.74) is 0.538. The second kappa shape index (κ2) is 6.46. The molecule has 0 saturated heterocycles. The highest BCUT2D eigenvalue weighted by Gasteiger charge is 2.04. The monoisotopic (exact) mass is 364 g/mol. The van der Waals surface area contributed by atoms with Crippen molar-refractivity contribution >= 4 is 38.2 Å². The molecule has 0 fully saturated rings. The fraction of sp³-hybridized carbons (Fsp3) is 0.214. The molecule has 0 radical (unpaired) electrons. The fourth-order valence-corrected chi connectivity index (χ4v) is 3.43. The first-order chi connectivity index (χ1) is 10.2. The molecule has 108 valence electrons. The number of hydrogen-bond acceptors (Lipinski definition) is 5. The van der Waals surface area contributed by atoms with Gasteiger partial charge in [-0.25, -0.2) is 4.68 Å². The average Bonchev–Trinajstić information content (AvgIpc) is 2.91.